The number of carboxylic acid groups (broad SMARTS) is 1. The first-order valence-electron chi connectivity index (χ1n) is 14.7. The van der Waals surface area contributed by atoms with Crippen molar-refractivity contribution in [1.82, 2.24) is 0 Å². The minimum absolute atomic E-state index is 0.217. The SMILES string of the molecule is CCCCCC(C)(CCCCCCCCCC1c2ccc(O)cc2OCC1(C)c1ccc(O)cc1)C(=O)O. The van der Waals surface area contributed by atoms with Gasteiger partial charge in [0.15, 0.2) is 0 Å². The van der Waals surface area contributed by atoms with Crippen LogP contribution in [-0.4, -0.2) is 27.9 Å². The maximum Gasteiger partial charge on any atom is 0.309 e. The van der Waals surface area contributed by atoms with Gasteiger partial charge in [0.2, 0.25) is 0 Å². The summed E-state index contributed by atoms with van der Waals surface area (Å²) in [5, 5.41) is 29.5. The van der Waals surface area contributed by atoms with E-state index in [-0.39, 0.29) is 22.8 Å². The summed E-state index contributed by atoms with van der Waals surface area (Å²) in [6, 6.07) is 12.9. The Bertz CT molecular complexity index is 1020. The molecule has 0 saturated heterocycles. The number of rotatable bonds is 16. The molecule has 0 amide bonds. The predicted molar refractivity (Wildman–Crippen MR) is 153 cm³/mol. The largest absolute Gasteiger partial charge is 0.508 e. The Morgan fingerprint density at radius 1 is 0.895 bits per heavy atom. The van der Waals surface area contributed by atoms with Gasteiger partial charge in [0.1, 0.15) is 17.2 Å². The van der Waals surface area contributed by atoms with Crippen LogP contribution < -0.4 is 4.74 Å². The third-order valence-corrected chi connectivity index (χ3v) is 8.77. The molecule has 3 N–H and O–H groups in total. The summed E-state index contributed by atoms with van der Waals surface area (Å²) in [4.78, 5) is 11.8. The number of ether oxygens (including phenoxy) is 1. The number of unbranched alkanes of at least 4 members (excludes halogenated alkanes) is 8. The van der Waals surface area contributed by atoms with E-state index in [2.05, 4.69) is 13.8 Å². The lowest BCUT2D eigenvalue weighted by atomic mass is 9.66. The highest BCUT2D eigenvalue weighted by Crippen LogP contribution is 2.49. The Labute approximate surface area is 229 Å². The number of phenolic OH excluding ortho intramolecular Hbond substituents is 2. The van der Waals surface area contributed by atoms with Gasteiger partial charge in [0.05, 0.1) is 12.0 Å². The van der Waals surface area contributed by atoms with Gasteiger partial charge in [-0.3, -0.25) is 4.79 Å². The zero-order valence-corrected chi connectivity index (χ0v) is 23.7. The molecule has 1 heterocycles. The quantitative estimate of drug-likeness (QED) is 0.191. The summed E-state index contributed by atoms with van der Waals surface area (Å²) in [6.07, 6.45) is 13.8. The highest BCUT2D eigenvalue weighted by Gasteiger charge is 2.42. The van der Waals surface area contributed by atoms with E-state index in [9.17, 15) is 20.1 Å². The van der Waals surface area contributed by atoms with Gasteiger partial charge in [-0.15, -0.1) is 0 Å². The number of carbonyl (C=O) groups is 1. The number of carboxylic acids is 1. The summed E-state index contributed by atoms with van der Waals surface area (Å²) < 4.78 is 6.12. The first-order valence-corrected chi connectivity index (χ1v) is 14.7. The molecule has 0 aromatic heterocycles. The van der Waals surface area contributed by atoms with Crippen LogP contribution in [0.4, 0.5) is 0 Å². The van der Waals surface area contributed by atoms with E-state index in [1.54, 1.807) is 24.3 Å². The molecule has 210 valence electrons. The van der Waals surface area contributed by atoms with Crippen LogP contribution in [0.15, 0.2) is 42.5 Å². The van der Waals surface area contributed by atoms with Gasteiger partial charge in [-0.25, -0.2) is 0 Å². The normalized spacial score (nSPS) is 20.3. The lowest BCUT2D eigenvalue weighted by molar-refractivity contribution is -0.149. The van der Waals surface area contributed by atoms with Crippen molar-refractivity contribution in [2.24, 2.45) is 5.41 Å². The molecule has 5 heteroatoms. The van der Waals surface area contributed by atoms with Crippen molar-refractivity contribution in [1.29, 1.82) is 0 Å². The minimum atomic E-state index is -0.641. The standard InChI is InChI=1S/C33H48O5/c1-4-5-12-21-32(2,31(36)37)22-13-10-8-6-7-9-11-14-29-28-20-19-27(35)23-30(28)38-24-33(29,3)25-15-17-26(34)18-16-25/h15-20,23,29,34-35H,4-14,21-22,24H2,1-3H3,(H,36,37). The van der Waals surface area contributed by atoms with Gasteiger partial charge in [-0.05, 0) is 55.5 Å². The second-order valence-electron chi connectivity index (χ2n) is 11.9. The number of hydrogen-bond acceptors (Lipinski definition) is 4. The van der Waals surface area contributed by atoms with Gasteiger partial charge in [0, 0.05) is 17.4 Å². The van der Waals surface area contributed by atoms with E-state index >= 15 is 0 Å². The molecule has 0 radical (unpaired) electrons. The van der Waals surface area contributed by atoms with Crippen LogP contribution in [0, 0.1) is 5.41 Å². The molecule has 0 bridgehead atoms. The summed E-state index contributed by atoms with van der Waals surface area (Å²) in [5.41, 5.74) is 1.51. The molecule has 3 atom stereocenters. The molecular weight excluding hydrogens is 476 g/mol. The number of aromatic hydroxyl groups is 2. The fraction of sp³-hybridized carbons (Fsp3) is 0.606. The Hall–Kier alpha value is -2.69. The highest BCUT2D eigenvalue weighted by atomic mass is 16.5. The van der Waals surface area contributed by atoms with Crippen molar-refractivity contribution < 1.29 is 24.9 Å². The maximum absolute atomic E-state index is 11.8. The van der Waals surface area contributed by atoms with Crippen LogP contribution in [-0.2, 0) is 10.2 Å². The van der Waals surface area contributed by atoms with Gasteiger partial charge < -0.3 is 20.1 Å². The Morgan fingerprint density at radius 3 is 2.11 bits per heavy atom. The summed E-state index contributed by atoms with van der Waals surface area (Å²) in [5.74, 6) is 0.880. The molecule has 1 aliphatic heterocycles. The van der Waals surface area contributed by atoms with Crippen LogP contribution in [0.5, 0.6) is 17.2 Å². The second-order valence-corrected chi connectivity index (χ2v) is 11.9. The third-order valence-electron chi connectivity index (χ3n) is 8.77. The van der Waals surface area contributed by atoms with Crippen molar-refractivity contribution in [3.8, 4) is 17.2 Å². The second kappa shape index (κ2) is 13.9. The van der Waals surface area contributed by atoms with Crippen LogP contribution in [0.1, 0.15) is 121 Å². The van der Waals surface area contributed by atoms with Crippen LogP contribution in [0.25, 0.3) is 0 Å². The molecule has 38 heavy (non-hydrogen) atoms. The zero-order chi connectivity index (χ0) is 27.6. The monoisotopic (exact) mass is 524 g/mol. The Balaban J connectivity index is 1.47. The van der Waals surface area contributed by atoms with E-state index in [0.717, 1.165) is 81.1 Å². The number of aliphatic carboxylic acids is 1. The first kappa shape index (κ1) is 29.9. The topological polar surface area (TPSA) is 87.0 Å². The number of fused-ring (bicyclic) bond motifs is 1. The van der Waals surface area contributed by atoms with Crippen molar-refractivity contribution in [2.45, 2.75) is 116 Å². The van der Waals surface area contributed by atoms with E-state index in [1.165, 1.54) is 19.3 Å². The van der Waals surface area contributed by atoms with E-state index in [4.69, 9.17) is 4.74 Å². The minimum Gasteiger partial charge on any atom is -0.508 e. The number of phenols is 2. The average molecular weight is 525 g/mol. The Morgan fingerprint density at radius 2 is 1.47 bits per heavy atom. The van der Waals surface area contributed by atoms with E-state index < -0.39 is 11.4 Å². The molecule has 5 nitrogen and oxygen atoms in total. The van der Waals surface area contributed by atoms with E-state index in [0.29, 0.717) is 6.61 Å². The summed E-state index contributed by atoms with van der Waals surface area (Å²) >= 11 is 0. The zero-order valence-electron chi connectivity index (χ0n) is 23.7. The summed E-state index contributed by atoms with van der Waals surface area (Å²) in [7, 11) is 0. The van der Waals surface area contributed by atoms with Gasteiger partial charge in [0.25, 0.3) is 0 Å². The molecule has 2 aromatic rings. The van der Waals surface area contributed by atoms with Crippen molar-refractivity contribution in [2.75, 3.05) is 6.61 Å². The maximum atomic E-state index is 11.8. The van der Waals surface area contributed by atoms with Crippen molar-refractivity contribution >= 4 is 5.97 Å². The van der Waals surface area contributed by atoms with Gasteiger partial charge in [-0.1, -0.05) is 96.3 Å². The fourth-order valence-corrected chi connectivity index (χ4v) is 6.06. The molecular formula is C33H48O5. The fourth-order valence-electron chi connectivity index (χ4n) is 6.06. The third kappa shape index (κ3) is 7.68. The highest BCUT2D eigenvalue weighted by molar-refractivity contribution is 5.74. The molecule has 0 aliphatic carbocycles. The number of benzene rings is 2. The smallest absolute Gasteiger partial charge is 0.309 e. The summed E-state index contributed by atoms with van der Waals surface area (Å²) in [6.45, 7) is 6.85. The lowest BCUT2D eigenvalue weighted by Gasteiger charge is -2.43. The van der Waals surface area contributed by atoms with Gasteiger partial charge in [-0.2, -0.15) is 0 Å². The van der Waals surface area contributed by atoms with Crippen LogP contribution >= 0.6 is 0 Å². The van der Waals surface area contributed by atoms with Crippen LogP contribution in [0.3, 0.4) is 0 Å². The van der Waals surface area contributed by atoms with Crippen molar-refractivity contribution in [3.63, 3.8) is 0 Å². The Kier molecular flexibility index (Phi) is 10.9. The lowest BCUT2D eigenvalue weighted by Crippen LogP contribution is -2.40. The molecule has 0 spiro atoms. The molecule has 2 aromatic carbocycles. The molecule has 3 rings (SSSR count). The molecule has 3 unspecified atom stereocenters. The van der Waals surface area contributed by atoms with E-state index in [1.807, 2.05) is 25.1 Å². The van der Waals surface area contributed by atoms with Crippen LogP contribution in [0.2, 0.25) is 0 Å². The number of hydrogen-bond donors (Lipinski definition) is 3. The molecule has 1 aliphatic rings. The predicted octanol–water partition coefficient (Wildman–Crippen LogP) is 8.71. The van der Waals surface area contributed by atoms with Gasteiger partial charge >= 0.3 is 5.97 Å². The first-order chi connectivity index (χ1) is 18.2. The van der Waals surface area contributed by atoms with Crippen molar-refractivity contribution in [3.05, 3.63) is 53.6 Å². The average Bonchev–Trinajstić information content (AvgIpc) is 2.89. The molecule has 0 fully saturated rings. The molecule has 0 saturated carbocycles.